The molecule has 0 aromatic heterocycles. The van der Waals surface area contributed by atoms with Crippen LogP contribution < -0.4 is 15.4 Å². The van der Waals surface area contributed by atoms with Gasteiger partial charge in [0, 0.05) is 20.1 Å². The van der Waals surface area contributed by atoms with Gasteiger partial charge in [-0.15, -0.1) is 24.0 Å². The summed E-state index contributed by atoms with van der Waals surface area (Å²) in [5, 5.41) is 6.43. The number of halogens is 2. The number of guanidine groups is 1. The Bertz CT molecular complexity index is 455. The minimum Gasteiger partial charge on any atom is -0.494 e. The Morgan fingerprint density at radius 2 is 2.00 bits per heavy atom. The average molecular weight is 423 g/mol. The Balaban J connectivity index is 0.00000441. The molecule has 0 bridgehead atoms. The number of unbranched alkanes of at least 4 members (excludes halogenated alkanes) is 3. The summed E-state index contributed by atoms with van der Waals surface area (Å²) >= 11 is 0. The molecule has 0 aliphatic rings. The third-order valence-electron chi connectivity index (χ3n) is 3.22. The lowest BCUT2D eigenvalue weighted by Gasteiger charge is -2.12. The van der Waals surface area contributed by atoms with Gasteiger partial charge in [0.25, 0.3) is 0 Å². The van der Waals surface area contributed by atoms with Gasteiger partial charge in [-0.05, 0) is 24.1 Å². The third-order valence-corrected chi connectivity index (χ3v) is 3.22. The molecule has 0 fully saturated rings. The van der Waals surface area contributed by atoms with E-state index in [1.807, 2.05) is 6.07 Å². The van der Waals surface area contributed by atoms with Crippen molar-refractivity contribution in [1.82, 2.24) is 10.6 Å². The topological polar surface area (TPSA) is 45.7 Å². The molecule has 0 unspecified atom stereocenters. The lowest BCUT2D eigenvalue weighted by Crippen LogP contribution is -2.37. The summed E-state index contributed by atoms with van der Waals surface area (Å²) in [5.41, 5.74) is 0.849. The summed E-state index contributed by atoms with van der Waals surface area (Å²) in [7, 11) is 3.19. The second kappa shape index (κ2) is 12.5. The molecule has 6 heteroatoms. The minimum atomic E-state index is -0.348. The summed E-state index contributed by atoms with van der Waals surface area (Å²) in [4.78, 5) is 4.15. The van der Waals surface area contributed by atoms with E-state index in [2.05, 4.69) is 22.5 Å². The van der Waals surface area contributed by atoms with Gasteiger partial charge in [0.1, 0.15) is 0 Å². The number of nitrogens with zero attached hydrogens (tertiary/aromatic N) is 1. The van der Waals surface area contributed by atoms with Crippen molar-refractivity contribution in [1.29, 1.82) is 0 Å². The van der Waals surface area contributed by atoms with E-state index < -0.39 is 0 Å². The molecule has 2 N–H and O–H groups in total. The zero-order valence-corrected chi connectivity index (χ0v) is 15.9. The van der Waals surface area contributed by atoms with Crippen molar-refractivity contribution in [3.05, 3.63) is 29.6 Å². The molecule has 0 heterocycles. The molecule has 1 aromatic rings. The van der Waals surface area contributed by atoms with Gasteiger partial charge in [0.15, 0.2) is 17.5 Å². The molecule has 0 aliphatic carbocycles. The molecule has 0 spiro atoms. The predicted octanol–water partition coefficient (Wildman–Crippen LogP) is 3.70. The molecule has 4 nitrogen and oxygen atoms in total. The first-order chi connectivity index (χ1) is 10.2. The highest BCUT2D eigenvalue weighted by molar-refractivity contribution is 14.0. The minimum absolute atomic E-state index is 0. The molecular formula is C16H27FIN3O. The number of hydrogen-bond acceptors (Lipinski definition) is 2. The number of nitrogens with one attached hydrogen (secondary N) is 2. The van der Waals surface area contributed by atoms with Crippen molar-refractivity contribution >= 4 is 29.9 Å². The zero-order valence-electron chi connectivity index (χ0n) is 13.6. The van der Waals surface area contributed by atoms with Crippen molar-refractivity contribution in [3.8, 4) is 5.75 Å². The average Bonchev–Trinajstić information content (AvgIpc) is 2.50. The van der Waals surface area contributed by atoms with Crippen LogP contribution in [-0.4, -0.2) is 26.7 Å². The van der Waals surface area contributed by atoms with Gasteiger partial charge in [-0.3, -0.25) is 4.99 Å². The van der Waals surface area contributed by atoms with Gasteiger partial charge in [-0.25, -0.2) is 4.39 Å². The van der Waals surface area contributed by atoms with Gasteiger partial charge in [-0.2, -0.15) is 0 Å². The maximum absolute atomic E-state index is 13.6. The van der Waals surface area contributed by atoms with Gasteiger partial charge in [0.05, 0.1) is 7.11 Å². The lowest BCUT2D eigenvalue weighted by molar-refractivity contribution is 0.386. The van der Waals surface area contributed by atoms with Crippen LogP contribution in [0.2, 0.25) is 0 Å². The molecule has 126 valence electrons. The molecule has 0 radical (unpaired) electrons. The normalized spacial score (nSPS) is 10.8. The Hall–Kier alpha value is -1.05. The quantitative estimate of drug-likeness (QED) is 0.290. The third kappa shape index (κ3) is 7.82. The molecule has 1 aromatic carbocycles. The van der Waals surface area contributed by atoms with E-state index in [1.165, 1.54) is 32.4 Å². The van der Waals surface area contributed by atoms with Gasteiger partial charge in [0.2, 0.25) is 0 Å². The van der Waals surface area contributed by atoms with Crippen molar-refractivity contribution in [2.75, 3.05) is 20.7 Å². The maximum atomic E-state index is 13.6. The lowest BCUT2D eigenvalue weighted by atomic mass is 10.2. The van der Waals surface area contributed by atoms with E-state index in [0.29, 0.717) is 6.54 Å². The Kier molecular flexibility index (Phi) is 11.9. The monoisotopic (exact) mass is 423 g/mol. The van der Waals surface area contributed by atoms with Crippen LogP contribution in [0.4, 0.5) is 4.39 Å². The van der Waals surface area contributed by atoms with Crippen LogP contribution in [0.25, 0.3) is 0 Å². The first kappa shape index (κ1) is 20.9. The first-order valence-electron chi connectivity index (χ1n) is 7.48. The van der Waals surface area contributed by atoms with Crippen molar-refractivity contribution in [2.45, 2.75) is 39.2 Å². The Morgan fingerprint density at radius 3 is 2.59 bits per heavy atom. The van der Waals surface area contributed by atoms with Gasteiger partial charge < -0.3 is 15.4 Å². The summed E-state index contributed by atoms with van der Waals surface area (Å²) in [5.74, 6) is 0.652. The second-order valence-corrected chi connectivity index (χ2v) is 4.88. The van der Waals surface area contributed by atoms with Crippen LogP contribution in [0.1, 0.15) is 38.2 Å². The van der Waals surface area contributed by atoms with E-state index in [1.54, 1.807) is 13.1 Å². The van der Waals surface area contributed by atoms with Crippen molar-refractivity contribution < 1.29 is 9.13 Å². The van der Waals surface area contributed by atoms with Crippen LogP contribution >= 0.6 is 24.0 Å². The van der Waals surface area contributed by atoms with Gasteiger partial charge in [-0.1, -0.05) is 32.3 Å². The SMILES string of the molecule is CCCCCCNC(=NC)NCc1ccc(OC)c(F)c1.I. The highest BCUT2D eigenvalue weighted by Crippen LogP contribution is 2.17. The smallest absolute Gasteiger partial charge is 0.191 e. The fraction of sp³-hybridized carbons (Fsp3) is 0.562. The largest absolute Gasteiger partial charge is 0.494 e. The van der Waals surface area contributed by atoms with E-state index in [9.17, 15) is 4.39 Å². The van der Waals surface area contributed by atoms with E-state index in [0.717, 1.165) is 24.5 Å². The number of benzene rings is 1. The summed E-state index contributed by atoms with van der Waals surface area (Å²) < 4.78 is 18.5. The summed E-state index contributed by atoms with van der Waals surface area (Å²) in [6.07, 6.45) is 4.85. The van der Waals surface area contributed by atoms with Crippen molar-refractivity contribution in [2.24, 2.45) is 4.99 Å². The van der Waals surface area contributed by atoms with Crippen LogP contribution in [0.3, 0.4) is 0 Å². The second-order valence-electron chi connectivity index (χ2n) is 4.88. The number of ether oxygens (including phenoxy) is 1. The number of rotatable bonds is 8. The van der Waals surface area contributed by atoms with Crippen LogP contribution in [0.5, 0.6) is 5.75 Å². The molecule has 0 saturated carbocycles. The van der Waals surface area contributed by atoms with Gasteiger partial charge >= 0.3 is 0 Å². The number of aliphatic imine (C=N–C) groups is 1. The standard InChI is InChI=1S/C16H26FN3O.HI/c1-4-5-6-7-10-19-16(18-2)20-12-13-8-9-15(21-3)14(17)11-13;/h8-9,11H,4-7,10,12H2,1-3H3,(H2,18,19,20);1H. The fourth-order valence-electron chi connectivity index (χ4n) is 1.98. The molecule has 1 rings (SSSR count). The Morgan fingerprint density at radius 1 is 1.23 bits per heavy atom. The first-order valence-corrected chi connectivity index (χ1v) is 7.48. The molecule has 0 atom stereocenters. The summed E-state index contributed by atoms with van der Waals surface area (Å²) in [6.45, 7) is 3.62. The van der Waals surface area contributed by atoms with Crippen LogP contribution in [-0.2, 0) is 6.54 Å². The highest BCUT2D eigenvalue weighted by atomic mass is 127. The molecular weight excluding hydrogens is 396 g/mol. The zero-order chi connectivity index (χ0) is 15.5. The predicted molar refractivity (Wildman–Crippen MR) is 101 cm³/mol. The maximum Gasteiger partial charge on any atom is 0.191 e. The molecule has 22 heavy (non-hydrogen) atoms. The van der Waals surface area contributed by atoms with Crippen LogP contribution in [0, 0.1) is 5.82 Å². The molecule has 0 aliphatic heterocycles. The fourth-order valence-corrected chi connectivity index (χ4v) is 1.98. The number of methoxy groups -OCH3 is 1. The van der Waals surface area contributed by atoms with Crippen LogP contribution in [0.15, 0.2) is 23.2 Å². The van der Waals surface area contributed by atoms with E-state index >= 15 is 0 Å². The van der Waals surface area contributed by atoms with E-state index in [4.69, 9.17) is 4.74 Å². The molecule has 0 amide bonds. The van der Waals surface area contributed by atoms with E-state index in [-0.39, 0.29) is 35.5 Å². The highest BCUT2D eigenvalue weighted by Gasteiger charge is 2.04. The Labute approximate surface area is 149 Å². The molecule has 0 saturated heterocycles. The summed E-state index contributed by atoms with van der Waals surface area (Å²) in [6, 6.07) is 4.94. The number of hydrogen-bond donors (Lipinski definition) is 2. The van der Waals surface area contributed by atoms with Crippen molar-refractivity contribution in [3.63, 3.8) is 0 Å².